The lowest BCUT2D eigenvalue weighted by Crippen LogP contribution is -1.98. The van der Waals surface area contributed by atoms with E-state index in [1.807, 2.05) is 0 Å². The lowest BCUT2D eigenvalue weighted by molar-refractivity contribution is 0.485. The maximum absolute atomic E-state index is 8.67. The maximum atomic E-state index is 8.67. The second kappa shape index (κ2) is 7.33. The van der Waals surface area contributed by atoms with E-state index < -0.39 is 0 Å². The highest BCUT2D eigenvalue weighted by atomic mass is 35.5. The Balaban J connectivity index is 2.27. The van der Waals surface area contributed by atoms with Gasteiger partial charge in [0.2, 0.25) is 5.71 Å². The van der Waals surface area contributed by atoms with Crippen molar-refractivity contribution in [3.05, 3.63) is 52.5 Å². The predicted molar refractivity (Wildman–Crippen MR) is 85.3 cm³/mol. The van der Waals surface area contributed by atoms with Gasteiger partial charge in [0, 0.05) is 5.02 Å². The first-order valence-electron chi connectivity index (χ1n) is 6.00. The van der Waals surface area contributed by atoms with Crippen LogP contribution in [0.3, 0.4) is 0 Å². The number of rotatable bonds is 4. The van der Waals surface area contributed by atoms with Crippen molar-refractivity contribution in [2.45, 2.75) is 0 Å². The Labute approximate surface area is 137 Å². The molecule has 5 nitrogen and oxygen atoms in total. The first-order chi connectivity index (χ1) is 10.6. The van der Waals surface area contributed by atoms with Gasteiger partial charge in [-0.15, -0.1) is 0 Å². The lowest BCUT2D eigenvalue weighted by atomic mass is 10.3. The summed E-state index contributed by atoms with van der Waals surface area (Å²) in [7, 11) is 0. The second-order valence-corrected chi connectivity index (χ2v) is 4.81. The Morgan fingerprint density at radius 1 is 1.05 bits per heavy atom. The summed E-state index contributed by atoms with van der Waals surface area (Å²) in [6.45, 7) is 0. The molecule has 0 saturated heterocycles. The number of anilines is 1. The van der Waals surface area contributed by atoms with Crippen LogP contribution in [-0.4, -0.2) is 5.71 Å². The summed E-state index contributed by atoms with van der Waals surface area (Å²) in [5.41, 5.74) is 2.81. The van der Waals surface area contributed by atoms with E-state index in [0.29, 0.717) is 27.2 Å². The first-order valence-corrected chi connectivity index (χ1v) is 6.75. The van der Waals surface area contributed by atoms with Gasteiger partial charge in [-0.2, -0.15) is 15.6 Å². The van der Waals surface area contributed by atoms with Crippen molar-refractivity contribution in [3.8, 4) is 23.6 Å². The fourth-order valence-corrected chi connectivity index (χ4v) is 1.96. The van der Waals surface area contributed by atoms with Crippen LogP contribution in [0.15, 0.2) is 47.6 Å². The quantitative estimate of drug-likeness (QED) is 0.656. The Morgan fingerprint density at radius 2 is 1.77 bits per heavy atom. The van der Waals surface area contributed by atoms with Crippen molar-refractivity contribution >= 4 is 34.6 Å². The normalized spacial score (nSPS) is 9.27. The van der Waals surface area contributed by atoms with Crippen LogP contribution >= 0.6 is 23.2 Å². The number of halogens is 2. The molecule has 0 atom stereocenters. The number of para-hydroxylation sites is 2. The van der Waals surface area contributed by atoms with Gasteiger partial charge in [-0.1, -0.05) is 35.3 Å². The molecule has 2 aromatic carbocycles. The summed E-state index contributed by atoms with van der Waals surface area (Å²) in [4.78, 5) is 0. The van der Waals surface area contributed by atoms with Gasteiger partial charge in [0.15, 0.2) is 5.75 Å². The van der Waals surface area contributed by atoms with Gasteiger partial charge in [0.05, 0.1) is 10.7 Å². The molecule has 2 rings (SSSR count). The third kappa shape index (κ3) is 3.89. The van der Waals surface area contributed by atoms with E-state index in [0.717, 1.165) is 0 Å². The van der Waals surface area contributed by atoms with Crippen LogP contribution in [-0.2, 0) is 0 Å². The number of nitrogens with zero attached hydrogens (tertiary/aromatic N) is 3. The highest BCUT2D eigenvalue weighted by Crippen LogP contribution is 2.34. The summed E-state index contributed by atoms with van der Waals surface area (Å²) in [5.74, 6) is 0.857. The molecule has 1 N–H and O–H groups in total. The zero-order valence-electron chi connectivity index (χ0n) is 11.0. The maximum Gasteiger partial charge on any atom is 0.237 e. The Morgan fingerprint density at radius 3 is 2.45 bits per heavy atom. The smallest absolute Gasteiger partial charge is 0.237 e. The number of hydrogen-bond acceptors (Lipinski definition) is 5. The van der Waals surface area contributed by atoms with Gasteiger partial charge in [0.1, 0.15) is 17.9 Å². The third-order valence-corrected chi connectivity index (χ3v) is 3.03. The summed E-state index contributed by atoms with van der Waals surface area (Å²) >= 11 is 11.9. The Hall–Kier alpha value is -2.73. The van der Waals surface area contributed by atoms with Crippen LogP contribution in [0.1, 0.15) is 0 Å². The van der Waals surface area contributed by atoms with Crippen LogP contribution < -0.4 is 10.2 Å². The molecule has 22 heavy (non-hydrogen) atoms. The van der Waals surface area contributed by atoms with Crippen molar-refractivity contribution in [2.75, 3.05) is 5.43 Å². The van der Waals surface area contributed by atoms with Crippen molar-refractivity contribution < 1.29 is 4.74 Å². The van der Waals surface area contributed by atoms with E-state index in [2.05, 4.69) is 10.5 Å². The fraction of sp³-hybridized carbons (Fsp3) is 0. The Bertz CT molecular complexity index is 790. The lowest BCUT2D eigenvalue weighted by Gasteiger charge is -2.11. The van der Waals surface area contributed by atoms with Gasteiger partial charge in [0.25, 0.3) is 0 Å². The molecule has 0 aliphatic heterocycles. The highest BCUT2D eigenvalue weighted by molar-refractivity contribution is 6.35. The van der Waals surface area contributed by atoms with E-state index in [1.165, 1.54) is 0 Å². The summed E-state index contributed by atoms with van der Waals surface area (Å²) in [6.07, 6.45) is 0. The van der Waals surface area contributed by atoms with Crippen LogP contribution in [0.25, 0.3) is 0 Å². The van der Waals surface area contributed by atoms with Gasteiger partial charge < -0.3 is 4.74 Å². The number of nitrogens with one attached hydrogen (secondary N) is 1. The number of nitriles is 2. The predicted octanol–water partition coefficient (Wildman–Crippen LogP) is 4.60. The van der Waals surface area contributed by atoms with Gasteiger partial charge in [-0.25, -0.2) is 0 Å². The molecule has 0 bridgehead atoms. The van der Waals surface area contributed by atoms with Crippen molar-refractivity contribution in [1.82, 2.24) is 0 Å². The van der Waals surface area contributed by atoms with E-state index in [9.17, 15) is 0 Å². The Kier molecular flexibility index (Phi) is 5.21. The second-order valence-electron chi connectivity index (χ2n) is 3.97. The van der Waals surface area contributed by atoms with Crippen LogP contribution in [0.5, 0.6) is 11.5 Å². The van der Waals surface area contributed by atoms with E-state index in [4.69, 9.17) is 38.5 Å². The number of hydrogen-bond donors (Lipinski definition) is 1. The zero-order chi connectivity index (χ0) is 15.9. The molecule has 0 fully saturated rings. The molecule has 0 unspecified atom stereocenters. The number of benzene rings is 2. The van der Waals surface area contributed by atoms with Gasteiger partial charge in [-0.3, -0.25) is 5.43 Å². The van der Waals surface area contributed by atoms with E-state index in [1.54, 1.807) is 54.6 Å². The monoisotopic (exact) mass is 330 g/mol. The molecule has 0 aliphatic carbocycles. The summed E-state index contributed by atoms with van der Waals surface area (Å²) in [5, 5.41) is 21.9. The minimum atomic E-state index is -0.292. The molecule has 0 radical (unpaired) electrons. The van der Waals surface area contributed by atoms with Crippen molar-refractivity contribution in [3.63, 3.8) is 0 Å². The molecule has 0 heterocycles. The van der Waals surface area contributed by atoms with Crippen LogP contribution in [0.4, 0.5) is 5.69 Å². The average molecular weight is 331 g/mol. The molecule has 108 valence electrons. The molecule has 0 aliphatic rings. The molecular formula is C15H8Cl2N4O. The number of hydrazone groups is 1. The fourth-order valence-electron chi connectivity index (χ4n) is 1.52. The molecule has 0 spiro atoms. The molecule has 0 aromatic heterocycles. The minimum Gasteiger partial charge on any atom is -0.454 e. The SMILES string of the molecule is N#CC(C#N)=NNc1ccccc1Oc1ccc(Cl)cc1Cl. The van der Waals surface area contributed by atoms with Crippen molar-refractivity contribution in [2.24, 2.45) is 5.10 Å². The molecule has 0 amide bonds. The topological polar surface area (TPSA) is 81.2 Å². The van der Waals surface area contributed by atoms with Crippen LogP contribution in [0, 0.1) is 22.7 Å². The largest absolute Gasteiger partial charge is 0.454 e. The molecule has 7 heteroatoms. The summed E-state index contributed by atoms with van der Waals surface area (Å²) in [6, 6.07) is 15.1. The molecule has 2 aromatic rings. The molecule has 0 saturated carbocycles. The first kappa shape index (κ1) is 15.7. The van der Waals surface area contributed by atoms with Crippen LogP contribution in [0.2, 0.25) is 10.0 Å². The molecular weight excluding hydrogens is 323 g/mol. The van der Waals surface area contributed by atoms with E-state index in [-0.39, 0.29) is 5.71 Å². The van der Waals surface area contributed by atoms with Gasteiger partial charge >= 0.3 is 0 Å². The standard InChI is InChI=1S/C15H8Cl2N4O/c16-10-5-6-14(12(17)7-10)22-15-4-2-1-3-13(15)21-20-11(8-18)9-19/h1-7,21H. The highest BCUT2D eigenvalue weighted by Gasteiger charge is 2.08. The van der Waals surface area contributed by atoms with Crippen molar-refractivity contribution in [1.29, 1.82) is 10.5 Å². The van der Waals surface area contributed by atoms with E-state index >= 15 is 0 Å². The minimum absolute atomic E-state index is 0.292. The average Bonchev–Trinajstić information content (AvgIpc) is 2.52. The zero-order valence-corrected chi connectivity index (χ0v) is 12.6. The summed E-state index contributed by atoms with van der Waals surface area (Å²) < 4.78 is 5.71. The number of ether oxygens (including phenoxy) is 1. The van der Waals surface area contributed by atoms with Gasteiger partial charge in [-0.05, 0) is 30.3 Å². The third-order valence-electron chi connectivity index (χ3n) is 2.50.